The number of nitrogens with zero attached hydrogens (tertiary/aromatic N) is 2. The Kier molecular flexibility index (Phi) is 3.19. The van der Waals surface area contributed by atoms with Crippen LogP contribution in [0, 0.1) is 6.92 Å². The molecule has 0 bridgehead atoms. The fourth-order valence-corrected chi connectivity index (χ4v) is 2.00. The van der Waals surface area contributed by atoms with Gasteiger partial charge in [0.05, 0.1) is 18.8 Å². The highest BCUT2D eigenvalue weighted by molar-refractivity contribution is 5.41. The summed E-state index contributed by atoms with van der Waals surface area (Å²) in [6.45, 7) is 6.86. The van der Waals surface area contributed by atoms with Crippen LogP contribution in [0.25, 0.3) is 0 Å². The summed E-state index contributed by atoms with van der Waals surface area (Å²) < 4.78 is 10.7. The molecule has 94 valence electrons. The maximum atomic E-state index is 5.59. The average Bonchev–Trinajstić information content (AvgIpc) is 2.58. The molecule has 0 aliphatic carbocycles. The van der Waals surface area contributed by atoms with Crippen molar-refractivity contribution in [3.05, 3.63) is 11.9 Å². The first kappa shape index (κ1) is 12.1. The maximum Gasteiger partial charge on any atom is 0.218 e. The molecular formula is C12H19N3O2. The molecule has 1 aliphatic heterocycles. The number of aryl methyl sites for hydroxylation is 1. The van der Waals surface area contributed by atoms with Crippen molar-refractivity contribution in [3.8, 4) is 5.88 Å². The van der Waals surface area contributed by atoms with Crippen molar-refractivity contribution in [2.45, 2.75) is 38.8 Å². The van der Waals surface area contributed by atoms with Crippen LogP contribution in [0.1, 0.15) is 26.1 Å². The van der Waals surface area contributed by atoms with E-state index < -0.39 is 0 Å². The lowest BCUT2D eigenvalue weighted by atomic mass is 9.95. The molecule has 0 spiro atoms. The zero-order valence-corrected chi connectivity index (χ0v) is 10.8. The van der Waals surface area contributed by atoms with E-state index in [1.807, 2.05) is 13.0 Å². The maximum absolute atomic E-state index is 5.59. The number of aromatic nitrogens is 2. The smallest absolute Gasteiger partial charge is 0.218 e. The first-order chi connectivity index (χ1) is 8.03. The molecule has 2 atom stereocenters. The molecule has 0 saturated carbocycles. The molecule has 2 unspecified atom stereocenters. The largest absolute Gasteiger partial charge is 0.481 e. The van der Waals surface area contributed by atoms with Gasteiger partial charge in [0, 0.05) is 12.7 Å². The Balaban J connectivity index is 2.20. The molecule has 5 heteroatoms. The summed E-state index contributed by atoms with van der Waals surface area (Å²) in [6.07, 6.45) is 1.14. The van der Waals surface area contributed by atoms with Crippen LogP contribution in [0.15, 0.2) is 6.07 Å². The average molecular weight is 237 g/mol. The van der Waals surface area contributed by atoms with Gasteiger partial charge in [-0.15, -0.1) is 0 Å². The summed E-state index contributed by atoms with van der Waals surface area (Å²) >= 11 is 0. The van der Waals surface area contributed by atoms with Crippen LogP contribution < -0.4 is 10.1 Å². The summed E-state index contributed by atoms with van der Waals surface area (Å²) in [5.41, 5.74) is -0.0776. The van der Waals surface area contributed by atoms with E-state index in [2.05, 4.69) is 29.1 Å². The highest BCUT2D eigenvalue weighted by Gasteiger charge is 2.37. The first-order valence-electron chi connectivity index (χ1n) is 5.83. The molecule has 2 rings (SSSR count). The third-order valence-corrected chi connectivity index (χ3v) is 3.32. The van der Waals surface area contributed by atoms with Crippen LogP contribution in [-0.4, -0.2) is 35.3 Å². The second-order valence-electron chi connectivity index (χ2n) is 4.65. The number of rotatable bonds is 3. The van der Waals surface area contributed by atoms with Crippen molar-refractivity contribution >= 4 is 5.82 Å². The predicted molar refractivity (Wildman–Crippen MR) is 65.4 cm³/mol. The van der Waals surface area contributed by atoms with Crippen molar-refractivity contribution in [3.63, 3.8) is 0 Å². The minimum absolute atomic E-state index is 0.0776. The van der Waals surface area contributed by atoms with E-state index in [0.29, 0.717) is 11.7 Å². The van der Waals surface area contributed by atoms with Gasteiger partial charge in [0.25, 0.3) is 0 Å². The lowest BCUT2D eigenvalue weighted by molar-refractivity contribution is 0.105. The summed E-state index contributed by atoms with van der Waals surface area (Å²) in [7, 11) is 1.61. The Bertz CT molecular complexity index is 411. The lowest BCUT2D eigenvalue weighted by Crippen LogP contribution is -2.41. The van der Waals surface area contributed by atoms with E-state index in [0.717, 1.165) is 18.8 Å². The summed E-state index contributed by atoms with van der Waals surface area (Å²) in [4.78, 5) is 8.53. The van der Waals surface area contributed by atoms with Crippen molar-refractivity contribution in [1.82, 2.24) is 9.97 Å². The Morgan fingerprint density at radius 1 is 1.53 bits per heavy atom. The molecule has 1 N–H and O–H groups in total. The van der Waals surface area contributed by atoms with Crippen LogP contribution in [0.3, 0.4) is 0 Å². The van der Waals surface area contributed by atoms with Crippen LogP contribution in [-0.2, 0) is 4.74 Å². The second-order valence-corrected chi connectivity index (χ2v) is 4.65. The molecule has 1 fully saturated rings. The van der Waals surface area contributed by atoms with Crippen molar-refractivity contribution in [1.29, 1.82) is 0 Å². The van der Waals surface area contributed by atoms with Gasteiger partial charge in [-0.2, -0.15) is 4.98 Å². The van der Waals surface area contributed by atoms with Gasteiger partial charge in [-0.1, -0.05) is 0 Å². The van der Waals surface area contributed by atoms with Gasteiger partial charge < -0.3 is 14.8 Å². The minimum Gasteiger partial charge on any atom is -0.481 e. The monoisotopic (exact) mass is 237 g/mol. The van der Waals surface area contributed by atoms with Crippen LogP contribution in [0.2, 0.25) is 0 Å². The molecule has 1 aromatic rings. The van der Waals surface area contributed by atoms with Crippen molar-refractivity contribution in [2.75, 3.05) is 19.0 Å². The van der Waals surface area contributed by atoms with Gasteiger partial charge in [-0.3, -0.25) is 0 Å². The number of hydrogen-bond donors (Lipinski definition) is 1. The van der Waals surface area contributed by atoms with Gasteiger partial charge in [-0.05, 0) is 27.2 Å². The minimum atomic E-state index is -0.0776. The Labute approximate surface area is 102 Å². The van der Waals surface area contributed by atoms with Gasteiger partial charge in [0.15, 0.2) is 0 Å². The van der Waals surface area contributed by atoms with E-state index in [1.54, 1.807) is 7.11 Å². The number of hydrogen-bond acceptors (Lipinski definition) is 5. The summed E-state index contributed by atoms with van der Waals surface area (Å²) in [5, 5.41) is 3.43. The number of ether oxygens (including phenoxy) is 2. The van der Waals surface area contributed by atoms with E-state index in [-0.39, 0.29) is 11.6 Å². The molecular weight excluding hydrogens is 218 g/mol. The van der Waals surface area contributed by atoms with Gasteiger partial charge in [0.1, 0.15) is 11.6 Å². The fourth-order valence-electron chi connectivity index (χ4n) is 2.00. The number of nitrogens with one attached hydrogen (secondary N) is 1. The van der Waals surface area contributed by atoms with Crippen LogP contribution in [0.4, 0.5) is 5.82 Å². The van der Waals surface area contributed by atoms with Gasteiger partial charge in [-0.25, -0.2) is 4.98 Å². The summed E-state index contributed by atoms with van der Waals surface area (Å²) in [5.74, 6) is 2.06. The van der Waals surface area contributed by atoms with E-state index in [9.17, 15) is 0 Å². The third kappa shape index (κ3) is 2.49. The Hall–Kier alpha value is -1.36. The molecule has 1 aromatic heterocycles. The molecule has 5 nitrogen and oxygen atoms in total. The lowest BCUT2D eigenvalue weighted by Gasteiger charge is -2.29. The zero-order chi connectivity index (χ0) is 12.5. The normalized spacial score (nSPS) is 28.1. The molecule has 0 radical (unpaired) electrons. The number of anilines is 1. The third-order valence-electron chi connectivity index (χ3n) is 3.32. The van der Waals surface area contributed by atoms with Crippen molar-refractivity contribution in [2.24, 2.45) is 0 Å². The second kappa shape index (κ2) is 4.49. The summed E-state index contributed by atoms with van der Waals surface area (Å²) in [6, 6.07) is 1.81. The van der Waals surface area contributed by atoms with Gasteiger partial charge >= 0.3 is 0 Å². The van der Waals surface area contributed by atoms with Crippen LogP contribution >= 0.6 is 0 Å². The highest BCUT2D eigenvalue weighted by atomic mass is 16.5. The molecule has 17 heavy (non-hydrogen) atoms. The molecule has 1 aliphatic rings. The predicted octanol–water partition coefficient (Wildman–Crippen LogP) is 1.77. The highest BCUT2D eigenvalue weighted by Crippen LogP contribution is 2.29. The van der Waals surface area contributed by atoms with Gasteiger partial charge in [0.2, 0.25) is 5.88 Å². The Morgan fingerprint density at radius 3 is 2.88 bits per heavy atom. The first-order valence-corrected chi connectivity index (χ1v) is 5.83. The number of methoxy groups -OCH3 is 1. The standard InChI is InChI=1S/C12H19N3O2/c1-8-12(3,5-6-17-8)15-10-7-11(16-4)14-9(2)13-10/h7-8H,5-6H2,1-4H3,(H,13,14,15). The fraction of sp³-hybridized carbons (Fsp3) is 0.667. The van der Waals surface area contributed by atoms with Crippen molar-refractivity contribution < 1.29 is 9.47 Å². The van der Waals surface area contributed by atoms with E-state index in [4.69, 9.17) is 9.47 Å². The Morgan fingerprint density at radius 2 is 2.29 bits per heavy atom. The molecule has 0 amide bonds. The zero-order valence-electron chi connectivity index (χ0n) is 10.8. The molecule has 0 aromatic carbocycles. The van der Waals surface area contributed by atoms with E-state index in [1.165, 1.54) is 0 Å². The van der Waals surface area contributed by atoms with Crippen LogP contribution in [0.5, 0.6) is 5.88 Å². The molecule has 1 saturated heterocycles. The quantitative estimate of drug-likeness (QED) is 0.868. The molecule has 2 heterocycles. The van der Waals surface area contributed by atoms with E-state index >= 15 is 0 Å². The SMILES string of the molecule is COc1cc(NC2(C)CCOC2C)nc(C)n1. The topological polar surface area (TPSA) is 56.3 Å².